The first-order chi connectivity index (χ1) is 15.4. The SMILES string of the molecule is Cc1ccc(OCc2nnc(SCC(=O)N3CCc4ccccc4C3)n2C(C)C)c(C)c1. The average Bonchev–Trinajstić information content (AvgIpc) is 3.19. The zero-order chi connectivity index (χ0) is 22.7. The van der Waals surface area contributed by atoms with Gasteiger partial charge in [-0.05, 0) is 56.9 Å². The van der Waals surface area contributed by atoms with Gasteiger partial charge in [-0.3, -0.25) is 4.79 Å². The molecule has 0 unspecified atom stereocenters. The van der Waals surface area contributed by atoms with E-state index in [0.717, 1.165) is 35.3 Å². The van der Waals surface area contributed by atoms with Crippen LogP contribution in [0.3, 0.4) is 0 Å². The van der Waals surface area contributed by atoms with Gasteiger partial charge in [0, 0.05) is 19.1 Å². The first kappa shape index (κ1) is 22.4. The molecule has 0 radical (unpaired) electrons. The lowest BCUT2D eigenvalue weighted by Gasteiger charge is -2.28. The van der Waals surface area contributed by atoms with Crippen LogP contribution in [0.15, 0.2) is 47.6 Å². The summed E-state index contributed by atoms with van der Waals surface area (Å²) in [6.07, 6.45) is 0.911. The number of aromatic nitrogens is 3. The van der Waals surface area contributed by atoms with E-state index in [9.17, 15) is 4.79 Å². The molecule has 0 spiro atoms. The third-order valence-electron chi connectivity index (χ3n) is 5.75. The summed E-state index contributed by atoms with van der Waals surface area (Å²) in [7, 11) is 0. The number of fused-ring (bicyclic) bond motifs is 1. The van der Waals surface area contributed by atoms with Gasteiger partial charge in [0.2, 0.25) is 5.91 Å². The van der Waals surface area contributed by atoms with Gasteiger partial charge in [0.15, 0.2) is 11.0 Å². The number of aryl methyl sites for hydroxylation is 2. The Morgan fingerprint density at radius 2 is 1.91 bits per heavy atom. The lowest BCUT2D eigenvalue weighted by molar-refractivity contribution is -0.129. The van der Waals surface area contributed by atoms with Gasteiger partial charge >= 0.3 is 0 Å². The molecule has 2 heterocycles. The molecule has 0 saturated carbocycles. The van der Waals surface area contributed by atoms with Gasteiger partial charge in [0.05, 0.1) is 5.75 Å². The summed E-state index contributed by atoms with van der Waals surface area (Å²) < 4.78 is 8.09. The maximum absolute atomic E-state index is 12.9. The van der Waals surface area contributed by atoms with Crippen LogP contribution in [0.5, 0.6) is 5.75 Å². The van der Waals surface area contributed by atoms with Crippen molar-refractivity contribution in [1.29, 1.82) is 0 Å². The van der Waals surface area contributed by atoms with Gasteiger partial charge in [0.25, 0.3) is 0 Å². The monoisotopic (exact) mass is 450 g/mol. The number of hydrogen-bond acceptors (Lipinski definition) is 5. The molecule has 0 N–H and O–H groups in total. The van der Waals surface area contributed by atoms with Crippen molar-refractivity contribution in [2.45, 2.75) is 58.5 Å². The Hall–Kier alpha value is -2.80. The number of amides is 1. The van der Waals surface area contributed by atoms with Gasteiger partial charge in [0.1, 0.15) is 12.4 Å². The number of ether oxygens (including phenoxy) is 1. The molecule has 0 bridgehead atoms. The topological polar surface area (TPSA) is 60.3 Å². The molecule has 168 valence electrons. The molecule has 1 amide bonds. The lowest BCUT2D eigenvalue weighted by Crippen LogP contribution is -2.37. The number of hydrogen-bond donors (Lipinski definition) is 0. The van der Waals surface area contributed by atoms with Crippen molar-refractivity contribution in [3.8, 4) is 5.75 Å². The number of nitrogens with zero attached hydrogens (tertiary/aromatic N) is 4. The number of carbonyl (C=O) groups excluding carboxylic acids is 1. The first-order valence-corrected chi connectivity index (χ1v) is 12.0. The minimum Gasteiger partial charge on any atom is -0.485 e. The van der Waals surface area contributed by atoms with E-state index >= 15 is 0 Å². The molecule has 1 aliphatic heterocycles. The highest BCUT2D eigenvalue weighted by atomic mass is 32.2. The summed E-state index contributed by atoms with van der Waals surface area (Å²) in [5.41, 5.74) is 4.90. The molecule has 0 atom stereocenters. The van der Waals surface area contributed by atoms with Crippen LogP contribution in [0.2, 0.25) is 0 Å². The summed E-state index contributed by atoms with van der Waals surface area (Å²) in [6, 6.07) is 14.7. The molecule has 0 fully saturated rings. The van der Waals surface area contributed by atoms with Crippen LogP contribution in [0, 0.1) is 13.8 Å². The lowest BCUT2D eigenvalue weighted by atomic mass is 10.00. The smallest absolute Gasteiger partial charge is 0.233 e. The van der Waals surface area contributed by atoms with Gasteiger partial charge < -0.3 is 14.2 Å². The molecular weight excluding hydrogens is 420 g/mol. The predicted molar refractivity (Wildman–Crippen MR) is 127 cm³/mol. The molecule has 0 saturated heterocycles. The Kier molecular flexibility index (Phi) is 6.84. The molecule has 1 aromatic heterocycles. The second-order valence-corrected chi connectivity index (χ2v) is 9.49. The molecular formula is C25H30N4O2S. The van der Waals surface area contributed by atoms with Gasteiger partial charge in [-0.2, -0.15) is 0 Å². The highest BCUT2D eigenvalue weighted by Crippen LogP contribution is 2.25. The van der Waals surface area contributed by atoms with Crippen LogP contribution in [0.1, 0.15) is 48.0 Å². The molecule has 32 heavy (non-hydrogen) atoms. The molecule has 6 nitrogen and oxygen atoms in total. The second-order valence-electron chi connectivity index (χ2n) is 8.54. The highest BCUT2D eigenvalue weighted by molar-refractivity contribution is 7.99. The van der Waals surface area contributed by atoms with E-state index in [1.807, 2.05) is 30.0 Å². The van der Waals surface area contributed by atoms with Crippen molar-refractivity contribution in [2.24, 2.45) is 0 Å². The summed E-state index contributed by atoms with van der Waals surface area (Å²) >= 11 is 1.45. The van der Waals surface area contributed by atoms with Gasteiger partial charge in [-0.15, -0.1) is 10.2 Å². The summed E-state index contributed by atoms with van der Waals surface area (Å²) in [5, 5.41) is 9.48. The number of rotatable bonds is 7. The van der Waals surface area contributed by atoms with E-state index < -0.39 is 0 Å². The fraction of sp³-hybridized carbons (Fsp3) is 0.400. The van der Waals surface area contributed by atoms with Crippen molar-refractivity contribution in [2.75, 3.05) is 12.3 Å². The van der Waals surface area contributed by atoms with Crippen LogP contribution < -0.4 is 4.74 Å². The van der Waals surface area contributed by atoms with Crippen LogP contribution in [0.25, 0.3) is 0 Å². The van der Waals surface area contributed by atoms with Crippen LogP contribution >= 0.6 is 11.8 Å². The average molecular weight is 451 g/mol. The first-order valence-electron chi connectivity index (χ1n) is 11.0. The third kappa shape index (κ3) is 4.99. The largest absolute Gasteiger partial charge is 0.485 e. The van der Waals surface area contributed by atoms with Crippen LogP contribution in [0.4, 0.5) is 0 Å². The minimum atomic E-state index is 0.135. The summed E-state index contributed by atoms with van der Waals surface area (Å²) in [5.74, 6) is 2.10. The molecule has 2 aromatic carbocycles. The van der Waals surface area contributed by atoms with E-state index in [1.54, 1.807) is 0 Å². The fourth-order valence-corrected chi connectivity index (χ4v) is 5.04. The Morgan fingerprint density at radius 3 is 2.66 bits per heavy atom. The van der Waals surface area contributed by atoms with E-state index in [0.29, 0.717) is 18.9 Å². The standard InChI is InChI=1S/C25H30N4O2S/c1-17(2)29-23(15-31-22-10-9-18(3)13-19(22)4)26-27-25(29)32-16-24(30)28-12-11-20-7-5-6-8-21(20)14-28/h5-10,13,17H,11-12,14-16H2,1-4H3. The molecule has 0 aliphatic carbocycles. The van der Waals surface area contributed by atoms with Crippen molar-refractivity contribution in [3.05, 3.63) is 70.5 Å². The summed E-state index contributed by atoms with van der Waals surface area (Å²) in [4.78, 5) is 14.8. The molecule has 3 aromatic rings. The quantitative estimate of drug-likeness (QED) is 0.487. The zero-order valence-electron chi connectivity index (χ0n) is 19.2. The maximum atomic E-state index is 12.9. The Bertz CT molecular complexity index is 1110. The fourth-order valence-electron chi connectivity index (χ4n) is 4.05. The highest BCUT2D eigenvalue weighted by Gasteiger charge is 2.22. The van der Waals surface area contributed by atoms with Crippen LogP contribution in [-0.2, 0) is 24.4 Å². The number of benzene rings is 2. The predicted octanol–water partition coefficient (Wildman–Crippen LogP) is 4.73. The van der Waals surface area contributed by atoms with Gasteiger partial charge in [-0.1, -0.05) is 53.7 Å². The van der Waals surface area contributed by atoms with E-state index in [-0.39, 0.29) is 11.9 Å². The van der Waals surface area contributed by atoms with E-state index in [2.05, 4.69) is 59.8 Å². The maximum Gasteiger partial charge on any atom is 0.233 e. The Balaban J connectivity index is 1.39. The number of carbonyl (C=O) groups is 1. The van der Waals surface area contributed by atoms with E-state index in [1.165, 1.54) is 28.5 Å². The van der Waals surface area contributed by atoms with Crippen molar-refractivity contribution >= 4 is 17.7 Å². The van der Waals surface area contributed by atoms with Gasteiger partial charge in [-0.25, -0.2) is 0 Å². The third-order valence-corrected chi connectivity index (χ3v) is 6.67. The van der Waals surface area contributed by atoms with Crippen molar-refractivity contribution in [1.82, 2.24) is 19.7 Å². The number of thioether (sulfide) groups is 1. The Morgan fingerprint density at radius 1 is 1.12 bits per heavy atom. The normalized spacial score (nSPS) is 13.3. The molecule has 4 rings (SSSR count). The summed E-state index contributed by atoms with van der Waals surface area (Å²) in [6.45, 7) is 10.1. The van der Waals surface area contributed by atoms with E-state index in [4.69, 9.17) is 4.74 Å². The minimum absolute atomic E-state index is 0.135. The second kappa shape index (κ2) is 9.77. The molecule has 1 aliphatic rings. The zero-order valence-corrected chi connectivity index (χ0v) is 20.0. The van der Waals surface area contributed by atoms with Crippen molar-refractivity contribution in [3.63, 3.8) is 0 Å². The molecule has 7 heteroatoms. The van der Waals surface area contributed by atoms with Crippen LogP contribution in [-0.4, -0.2) is 37.9 Å². The Labute approximate surface area is 194 Å². The van der Waals surface area contributed by atoms with Crippen molar-refractivity contribution < 1.29 is 9.53 Å².